The van der Waals surface area contributed by atoms with E-state index in [1.54, 1.807) is 49.8 Å². The van der Waals surface area contributed by atoms with Gasteiger partial charge in [0.2, 0.25) is 17.6 Å². The summed E-state index contributed by atoms with van der Waals surface area (Å²) < 4.78 is 10.5. The van der Waals surface area contributed by atoms with Gasteiger partial charge in [-0.2, -0.15) is 4.98 Å². The Labute approximate surface area is 180 Å². The van der Waals surface area contributed by atoms with Crippen LogP contribution in [0.25, 0.3) is 11.4 Å². The van der Waals surface area contributed by atoms with Crippen molar-refractivity contribution in [2.45, 2.75) is 26.4 Å². The highest BCUT2D eigenvalue weighted by molar-refractivity contribution is 5.99. The summed E-state index contributed by atoms with van der Waals surface area (Å²) in [5.74, 6) is 0.343. The SMILES string of the molecule is COc1ccccc1C(=O)NC(C(=O)N(C)Cc1nc(-c2cccnc2)no1)C(C)C. The van der Waals surface area contributed by atoms with Crippen LogP contribution in [-0.2, 0) is 11.3 Å². The van der Waals surface area contributed by atoms with E-state index in [-0.39, 0.29) is 30.2 Å². The minimum Gasteiger partial charge on any atom is -0.496 e. The third-order valence-electron chi connectivity index (χ3n) is 4.71. The molecular formula is C22H25N5O4. The number of carbonyl (C=O) groups excluding carboxylic acids is 2. The number of aromatic nitrogens is 3. The van der Waals surface area contributed by atoms with Gasteiger partial charge < -0.3 is 19.5 Å². The van der Waals surface area contributed by atoms with Crippen LogP contribution in [0.4, 0.5) is 0 Å². The van der Waals surface area contributed by atoms with E-state index in [0.717, 1.165) is 5.56 Å². The highest BCUT2D eigenvalue weighted by Crippen LogP contribution is 2.19. The van der Waals surface area contributed by atoms with Gasteiger partial charge in [-0.05, 0) is 30.2 Å². The van der Waals surface area contributed by atoms with Crippen LogP contribution in [0.1, 0.15) is 30.1 Å². The summed E-state index contributed by atoms with van der Waals surface area (Å²) in [6.45, 7) is 3.85. The third kappa shape index (κ3) is 5.25. The van der Waals surface area contributed by atoms with Crippen molar-refractivity contribution in [1.29, 1.82) is 0 Å². The van der Waals surface area contributed by atoms with Gasteiger partial charge in [0.1, 0.15) is 11.8 Å². The molecule has 1 aromatic carbocycles. The molecule has 2 amide bonds. The molecule has 3 aromatic rings. The molecule has 0 bridgehead atoms. The van der Waals surface area contributed by atoms with Crippen LogP contribution < -0.4 is 10.1 Å². The van der Waals surface area contributed by atoms with Crippen LogP contribution in [0.2, 0.25) is 0 Å². The number of carbonyl (C=O) groups is 2. The van der Waals surface area contributed by atoms with E-state index in [9.17, 15) is 9.59 Å². The summed E-state index contributed by atoms with van der Waals surface area (Å²) in [6.07, 6.45) is 3.29. The van der Waals surface area contributed by atoms with Crippen molar-refractivity contribution in [2.75, 3.05) is 14.2 Å². The first-order valence-electron chi connectivity index (χ1n) is 9.82. The molecule has 1 unspecified atom stereocenters. The van der Waals surface area contributed by atoms with E-state index in [0.29, 0.717) is 17.1 Å². The van der Waals surface area contributed by atoms with Gasteiger partial charge in [-0.15, -0.1) is 0 Å². The molecule has 31 heavy (non-hydrogen) atoms. The Kier molecular flexibility index (Phi) is 6.96. The van der Waals surface area contributed by atoms with Crippen LogP contribution in [-0.4, -0.2) is 52.0 Å². The topological polar surface area (TPSA) is 110 Å². The standard InChI is InChI=1S/C22H25N5O4/c1-14(2)19(25-21(28)16-9-5-6-10-17(16)30-4)22(29)27(3)13-18-24-20(26-31-18)15-8-7-11-23-12-15/h5-12,14,19H,13H2,1-4H3,(H,25,28). The quantitative estimate of drug-likeness (QED) is 0.593. The summed E-state index contributed by atoms with van der Waals surface area (Å²) >= 11 is 0. The zero-order valence-corrected chi connectivity index (χ0v) is 17.9. The van der Waals surface area contributed by atoms with Crippen LogP contribution in [0.5, 0.6) is 5.75 Å². The number of para-hydroxylation sites is 1. The zero-order valence-electron chi connectivity index (χ0n) is 17.9. The molecule has 2 aromatic heterocycles. The highest BCUT2D eigenvalue weighted by atomic mass is 16.5. The number of methoxy groups -OCH3 is 1. The van der Waals surface area contributed by atoms with Gasteiger partial charge in [-0.3, -0.25) is 14.6 Å². The van der Waals surface area contributed by atoms with Gasteiger partial charge in [0.25, 0.3) is 5.91 Å². The van der Waals surface area contributed by atoms with Crippen LogP contribution >= 0.6 is 0 Å². The molecular weight excluding hydrogens is 398 g/mol. The lowest BCUT2D eigenvalue weighted by Gasteiger charge is -2.26. The lowest BCUT2D eigenvalue weighted by molar-refractivity contribution is -0.133. The highest BCUT2D eigenvalue weighted by Gasteiger charge is 2.29. The van der Waals surface area contributed by atoms with E-state index >= 15 is 0 Å². The molecule has 0 aliphatic heterocycles. The van der Waals surface area contributed by atoms with Crippen molar-refractivity contribution in [3.8, 4) is 17.1 Å². The number of benzene rings is 1. The average molecular weight is 423 g/mol. The van der Waals surface area contributed by atoms with Crippen LogP contribution in [0.15, 0.2) is 53.3 Å². The minimum absolute atomic E-state index is 0.111. The normalized spacial score (nSPS) is 11.8. The number of amides is 2. The predicted molar refractivity (Wildman–Crippen MR) is 113 cm³/mol. The first kappa shape index (κ1) is 21.9. The molecule has 3 rings (SSSR count). The Balaban J connectivity index is 1.70. The van der Waals surface area contributed by atoms with Gasteiger partial charge in [0.15, 0.2) is 0 Å². The van der Waals surface area contributed by atoms with Gasteiger partial charge in [0, 0.05) is 25.0 Å². The molecule has 0 radical (unpaired) electrons. The first-order chi connectivity index (χ1) is 14.9. The number of pyridine rings is 1. The number of hydrogen-bond acceptors (Lipinski definition) is 7. The molecule has 9 heteroatoms. The van der Waals surface area contributed by atoms with Gasteiger partial charge in [-0.25, -0.2) is 0 Å². The number of ether oxygens (including phenoxy) is 1. The van der Waals surface area contributed by atoms with Crippen molar-refractivity contribution < 1.29 is 18.8 Å². The fraction of sp³-hybridized carbons (Fsp3) is 0.318. The molecule has 0 spiro atoms. The minimum atomic E-state index is -0.733. The monoisotopic (exact) mass is 423 g/mol. The lowest BCUT2D eigenvalue weighted by Crippen LogP contribution is -2.50. The number of rotatable bonds is 8. The number of nitrogens with one attached hydrogen (secondary N) is 1. The second-order valence-corrected chi connectivity index (χ2v) is 7.34. The van der Waals surface area contributed by atoms with Crippen molar-refractivity contribution >= 4 is 11.8 Å². The van der Waals surface area contributed by atoms with Crippen LogP contribution in [0, 0.1) is 5.92 Å². The lowest BCUT2D eigenvalue weighted by atomic mass is 10.0. The fourth-order valence-electron chi connectivity index (χ4n) is 3.01. The summed E-state index contributed by atoms with van der Waals surface area (Å²) in [7, 11) is 3.12. The van der Waals surface area contributed by atoms with E-state index in [2.05, 4.69) is 20.4 Å². The first-order valence-corrected chi connectivity index (χ1v) is 9.82. The predicted octanol–water partition coefficient (Wildman–Crippen LogP) is 2.55. The Hall–Kier alpha value is -3.75. The van der Waals surface area contributed by atoms with E-state index in [1.807, 2.05) is 19.9 Å². The molecule has 0 aliphatic carbocycles. The molecule has 1 N–H and O–H groups in total. The maximum atomic E-state index is 13.1. The second kappa shape index (κ2) is 9.84. The molecule has 9 nitrogen and oxygen atoms in total. The summed E-state index contributed by atoms with van der Waals surface area (Å²) in [4.78, 5) is 35.6. The number of hydrogen-bond donors (Lipinski definition) is 1. The van der Waals surface area contributed by atoms with Gasteiger partial charge in [-0.1, -0.05) is 31.1 Å². The van der Waals surface area contributed by atoms with Crippen molar-refractivity contribution in [1.82, 2.24) is 25.3 Å². The number of likely N-dealkylation sites (N-methyl/N-ethyl adjacent to an activating group) is 1. The van der Waals surface area contributed by atoms with Crippen molar-refractivity contribution in [2.24, 2.45) is 5.92 Å². The van der Waals surface area contributed by atoms with Gasteiger partial charge in [0.05, 0.1) is 19.2 Å². The zero-order chi connectivity index (χ0) is 22.4. The smallest absolute Gasteiger partial charge is 0.255 e. The van der Waals surface area contributed by atoms with Crippen molar-refractivity contribution in [3.05, 3.63) is 60.2 Å². The molecule has 1 atom stereocenters. The second-order valence-electron chi connectivity index (χ2n) is 7.34. The van der Waals surface area contributed by atoms with E-state index < -0.39 is 6.04 Å². The Morgan fingerprint density at radius 2 is 1.97 bits per heavy atom. The summed E-state index contributed by atoms with van der Waals surface area (Å²) in [5, 5.41) is 6.76. The Bertz CT molecular complexity index is 1040. The van der Waals surface area contributed by atoms with Crippen LogP contribution in [0.3, 0.4) is 0 Å². The molecule has 0 saturated heterocycles. The Morgan fingerprint density at radius 1 is 1.19 bits per heavy atom. The molecule has 0 aliphatic rings. The molecule has 0 fully saturated rings. The maximum Gasteiger partial charge on any atom is 0.255 e. The van der Waals surface area contributed by atoms with E-state index in [4.69, 9.17) is 9.26 Å². The Morgan fingerprint density at radius 3 is 2.65 bits per heavy atom. The largest absolute Gasteiger partial charge is 0.496 e. The summed E-state index contributed by atoms with van der Waals surface area (Å²) in [5.41, 5.74) is 1.08. The van der Waals surface area contributed by atoms with Gasteiger partial charge >= 0.3 is 0 Å². The van der Waals surface area contributed by atoms with Crippen molar-refractivity contribution in [3.63, 3.8) is 0 Å². The molecule has 2 heterocycles. The fourth-order valence-corrected chi connectivity index (χ4v) is 3.01. The van der Waals surface area contributed by atoms with E-state index in [1.165, 1.54) is 12.0 Å². The average Bonchev–Trinajstić information content (AvgIpc) is 3.25. The number of nitrogens with zero attached hydrogens (tertiary/aromatic N) is 4. The summed E-state index contributed by atoms with van der Waals surface area (Å²) in [6, 6.07) is 9.73. The molecule has 0 saturated carbocycles. The molecule has 162 valence electrons. The maximum absolute atomic E-state index is 13.1. The third-order valence-corrected chi connectivity index (χ3v) is 4.71.